The Kier molecular flexibility index (Phi) is 14.6. The van der Waals surface area contributed by atoms with Gasteiger partial charge in [0.05, 0.1) is 35.1 Å². The van der Waals surface area contributed by atoms with Gasteiger partial charge in [-0.1, -0.05) is 39.0 Å². The minimum Gasteiger partial charge on any atom is -0.507 e. The maximum absolute atomic E-state index is 14.7. The molecule has 8 rings (SSSR count). The van der Waals surface area contributed by atoms with Crippen LogP contribution in [-0.4, -0.2) is 141 Å². The van der Waals surface area contributed by atoms with Crippen LogP contribution in [0.5, 0.6) is 17.2 Å². The summed E-state index contributed by atoms with van der Waals surface area (Å²) < 4.78 is 18.1. The molecule has 358 valence electrons. The van der Waals surface area contributed by atoms with E-state index < -0.39 is 65.5 Å². The summed E-state index contributed by atoms with van der Waals surface area (Å²) >= 11 is 0. The molecule has 2 aromatic rings. The van der Waals surface area contributed by atoms with Gasteiger partial charge in [-0.3, -0.25) is 24.2 Å². The number of hydrogen-bond donors (Lipinski definition) is 5. The van der Waals surface area contributed by atoms with Crippen molar-refractivity contribution < 1.29 is 53.8 Å². The SMILES string of the molecule is C/C1=C/C=C/C(C)[C@H](O)CC(O)C[C@H](OC(=O)CC(=O)N2CCCN(C)CC2)CC/C=C/O[C@@]2(C)Oc3c(C)c(O)c4c(O)c(c5c(c4c3C2=O)NC2(CCN(CC(C)C)CC2)N=5)=NC1=O. The van der Waals surface area contributed by atoms with E-state index in [4.69, 9.17) is 19.2 Å². The van der Waals surface area contributed by atoms with E-state index in [9.17, 15) is 39.6 Å². The third-order valence-corrected chi connectivity index (χ3v) is 13.4. The van der Waals surface area contributed by atoms with Gasteiger partial charge in [0.2, 0.25) is 5.91 Å². The summed E-state index contributed by atoms with van der Waals surface area (Å²) in [7, 11) is 1.99. The number of hydrogen-bond acceptors (Lipinski definition) is 15. The minimum absolute atomic E-state index is 0.0213. The van der Waals surface area contributed by atoms with E-state index in [1.54, 1.807) is 43.9 Å². The first kappa shape index (κ1) is 48.6. The molecule has 1 spiro atoms. The van der Waals surface area contributed by atoms with E-state index in [2.05, 4.69) is 34.0 Å². The topological polar surface area (TPSA) is 223 Å². The fraction of sp³-hybridized carbons (Fsp3) is 0.592. The van der Waals surface area contributed by atoms with Crippen molar-refractivity contribution in [2.75, 3.05) is 58.2 Å². The first-order chi connectivity index (χ1) is 31.3. The Labute approximate surface area is 385 Å². The molecule has 2 unspecified atom stereocenters. The van der Waals surface area contributed by atoms with Crippen molar-refractivity contribution in [2.45, 2.75) is 123 Å². The summed E-state index contributed by atoms with van der Waals surface area (Å²) in [5, 5.41) is 49.9. The second kappa shape index (κ2) is 19.9. The zero-order valence-electron chi connectivity index (χ0n) is 39.3. The lowest BCUT2D eigenvalue weighted by atomic mass is 9.92. The van der Waals surface area contributed by atoms with Gasteiger partial charge in [-0.2, -0.15) is 0 Å². The van der Waals surface area contributed by atoms with Gasteiger partial charge < -0.3 is 54.7 Å². The Morgan fingerprint density at radius 2 is 1.74 bits per heavy atom. The highest BCUT2D eigenvalue weighted by Crippen LogP contribution is 2.51. The highest BCUT2D eigenvalue weighted by atomic mass is 16.7. The van der Waals surface area contributed by atoms with Crippen LogP contribution in [0.2, 0.25) is 0 Å². The molecule has 2 fully saturated rings. The Bertz CT molecular complexity index is 2460. The molecular formula is C49H66N6O11. The molecule has 0 saturated carbocycles. The molecule has 6 aliphatic heterocycles. The minimum atomic E-state index is -1.91. The number of rotatable bonds is 5. The second-order valence-corrected chi connectivity index (χ2v) is 19.3. The number of aliphatic hydroxyl groups excluding tert-OH is 2. The number of carbonyl (C=O) groups is 4. The van der Waals surface area contributed by atoms with Crippen molar-refractivity contribution in [3.63, 3.8) is 0 Å². The molecule has 2 aromatic carbocycles. The van der Waals surface area contributed by atoms with Gasteiger partial charge in [0.1, 0.15) is 40.4 Å². The Morgan fingerprint density at radius 1 is 1.00 bits per heavy atom. The zero-order chi connectivity index (χ0) is 47.7. The number of allylic oxidation sites excluding steroid dienone is 3. The number of likely N-dealkylation sites (N-methyl/N-ethyl adjacent to an activating group) is 1. The first-order valence-corrected chi connectivity index (χ1v) is 23.3. The number of nitrogens with one attached hydrogen (secondary N) is 1. The summed E-state index contributed by atoms with van der Waals surface area (Å²) in [6.07, 6.45) is 6.73. The van der Waals surface area contributed by atoms with Crippen molar-refractivity contribution in [3.8, 4) is 17.2 Å². The number of fused-ring (bicyclic) bond motifs is 13. The van der Waals surface area contributed by atoms with E-state index in [1.807, 2.05) is 7.05 Å². The quantitative estimate of drug-likeness (QED) is 0.163. The van der Waals surface area contributed by atoms with Crippen LogP contribution < -0.4 is 20.8 Å². The number of esters is 1. The Hall–Kier alpha value is -5.36. The number of nitrogens with zero attached hydrogens (tertiary/aromatic N) is 5. The molecule has 17 nitrogen and oxygen atoms in total. The standard InChI is InChI=1S/C49H66N6O11/c1-28(2)27-54-19-15-49(16-20-54)51-40-37-38-43(60)31(5)45-39(37)46(62)48(6,66-45)64-23-9-8-14-33(65-36(59)26-35(58)55-18-11-17-53(7)21-22-55)24-32(56)25-34(57)29(3)12-10-13-30(4)47(63)50-42(44(38)61)41(40)52-49/h9-10,12-13,23,28-29,32-34,51,56-57,60-61H,8,11,14-22,24-27H2,1-7H3/b12-10+,23-9+,30-13-,50-42?/t29?,32?,33-,34-,48+/m1/s1. The number of amides is 2. The fourth-order valence-corrected chi connectivity index (χ4v) is 9.52. The van der Waals surface area contributed by atoms with Crippen LogP contribution in [0.4, 0.5) is 5.69 Å². The van der Waals surface area contributed by atoms with Crippen molar-refractivity contribution in [1.29, 1.82) is 0 Å². The first-order valence-electron chi connectivity index (χ1n) is 23.3. The average molecular weight is 915 g/mol. The summed E-state index contributed by atoms with van der Waals surface area (Å²) in [4.78, 5) is 70.5. The number of phenols is 2. The number of aliphatic hydroxyl groups is 2. The van der Waals surface area contributed by atoms with Gasteiger partial charge in [-0.25, -0.2) is 4.99 Å². The number of carbonyl (C=O) groups excluding carboxylic acids is 4. The van der Waals surface area contributed by atoms with Crippen molar-refractivity contribution in [2.24, 2.45) is 21.8 Å². The van der Waals surface area contributed by atoms with Crippen LogP contribution >= 0.6 is 0 Å². The van der Waals surface area contributed by atoms with Crippen molar-refractivity contribution in [1.82, 2.24) is 14.7 Å². The zero-order valence-corrected chi connectivity index (χ0v) is 39.3. The Morgan fingerprint density at radius 3 is 2.47 bits per heavy atom. The molecular weight excluding hydrogens is 849 g/mol. The van der Waals surface area contributed by atoms with Crippen LogP contribution in [-0.2, 0) is 23.9 Å². The number of benzene rings is 2. The number of phenolic OH excluding ortho intramolecular Hbond substituents is 2. The summed E-state index contributed by atoms with van der Waals surface area (Å²) in [5.74, 6) is -5.08. The second-order valence-electron chi connectivity index (χ2n) is 19.3. The van der Waals surface area contributed by atoms with Gasteiger partial charge in [-0.05, 0) is 65.1 Å². The molecule has 0 radical (unpaired) electrons. The molecule has 2 saturated heterocycles. The van der Waals surface area contributed by atoms with Gasteiger partial charge in [-0.15, -0.1) is 0 Å². The average Bonchev–Trinajstić information content (AvgIpc) is 3.64. The summed E-state index contributed by atoms with van der Waals surface area (Å²) in [6.45, 7) is 15.6. The molecule has 2 amide bonds. The number of aromatic hydroxyl groups is 2. The predicted molar refractivity (Wildman–Crippen MR) is 246 cm³/mol. The van der Waals surface area contributed by atoms with Crippen LogP contribution in [0.3, 0.4) is 0 Å². The number of anilines is 1. The number of Topliss-reactive ketones (excluding diaryl/α,β-unsaturated/α-hetero) is 1. The van der Waals surface area contributed by atoms with E-state index in [1.165, 1.54) is 19.3 Å². The molecule has 5 bridgehead atoms. The highest BCUT2D eigenvalue weighted by molar-refractivity contribution is 6.21. The molecule has 6 heterocycles. The third-order valence-electron chi connectivity index (χ3n) is 13.4. The molecule has 17 heteroatoms. The third kappa shape index (κ3) is 10.3. The van der Waals surface area contributed by atoms with Crippen molar-refractivity contribution in [3.05, 3.63) is 58.0 Å². The van der Waals surface area contributed by atoms with Gasteiger partial charge >= 0.3 is 11.8 Å². The molecule has 5 atom stereocenters. The highest BCUT2D eigenvalue weighted by Gasteiger charge is 2.50. The molecule has 0 aromatic heterocycles. The van der Waals surface area contributed by atoms with Crippen LogP contribution in [0, 0.1) is 18.8 Å². The van der Waals surface area contributed by atoms with E-state index >= 15 is 0 Å². The lowest BCUT2D eigenvalue weighted by Gasteiger charge is -2.38. The number of ketones is 1. The number of ether oxygens (including phenoxy) is 3. The molecule has 6 aliphatic rings. The maximum Gasteiger partial charge on any atom is 0.315 e. The van der Waals surface area contributed by atoms with Crippen LogP contribution in [0.1, 0.15) is 102 Å². The Balaban J connectivity index is 1.24. The molecule has 66 heavy (non-hydrogen) atoms. The smallest absolute Gasteiger partial charge is 0.315 e. The normalized spacial score (nSPS) is 28.4. The lowest BCUT2D eigenvalue weighted by Crippen LogP contribution is -2.47. The predicted octanol–water partition coefficient (Wildman–Crippen LogP) is 3.92. The lowest BCUT2D eigenvalue weighted by molar-refractivity contribution is -0.154. The van der Waals surface area contributed by atoms with Crippen LogP contribution in [0.25, 0.3) is 10.8 Å². The number of likely N-dealkylation sites (tertiary alicyclic amines) is 1. The van der Waals surface area contributed by atoms with Gasteiger partial charge in [0, 0.05) is 87.9 Å². The largest absolute Gasteiger partial charge is 0.507 e. The summed E-state index contributed by atoms with van der Waals surface area (Å²) in [6, 6.07) is 0. The van der Waals surface area contributed by atoms with E-state index in [0.717, 1.165) is 32.6 Å². The molecule has 5 N–H and O–H groups in total. The fourth-order valence-electron chi connectivity index (χ4n) is 9.52. The molecule has 0 aliphatic carbocycles. The van der Waals surface area contributed by atoms with E-state index in [0.29, 0.717) is 44.1 Å². The van der Waals surface area contributed by atoms with Crippen molar-refractivity contribution >= 4 is 40.0 Å². The maximum atomic E-state index is 14.7. The van der Waals surface area contributed by atoms with Gasteiger partial charge in [0.25, 0.3) is 11.7 Å². The monoisotopic (exact) mass is 914 g/mol. The van der Waals surface area contributed by atoms with Crippen LogP contribution in [0.15, 0.2) is 46.1 Å². The number of piperidine rings is 1. The van der Waals surface area contributed by atoms with Gasteiger partial charge in [0.15, 0.2) is 5.75 Å². The summed E-state index contributed by atoms with van der Waals surface area (Å²) in [5.41, 5.74) is -0.0991. The van der Waals surface area contributed by atoms with E-state index in [-0.39, 0.29) is 81.3 Å².